The monoisotopic (exact) mass is 668 g/mol. The van der Waals surface area contributed by atoms with Crippen LogP contribution in [-0.2, 0) is 4.79 Å². The zero-order valence-corrected chi connectivity index (χ0v) is 28.3. The number of nitrogens with one attached hydrogen (secondary N) is 1. The number of aromatic nitrogens is 4. The van der Waals surface area contributed by atoms with Gasteiger partial charge in [-0.2, -0.15) is 5.26 Å². The summed E-state index contributed by atoms with van der Waals surface area (Å²) < 4.78 is 16.6. The Labute approximate surface area is 283 Å². The van der Waals surface area contributed by atoms with E-state index in [4.69, 9.17) is 16.6 Å². The summed E-state index contributed by atoms with van der Waals surface area (Å²) in [6.07, 6.45) is 7.27. The molecule has 248 valence electrons. The molecule has 4 heterocycles. The van der Waals surface area contributed by atoms with Crippen LogP contribution >= 0.6 is 11.6 Å². The summed E-state index contributed by atoms with van der Waals surface area (Å²) in [6, 6.07) is 10.6. The number of fused-ring (bicyclic) bond motifs is 1. The average molecular weight is 669 g/mol. The van der Waals surface area contributed by atoms with Gasteiger partial charge in [-0.05, 0) is 42.9 Å². The summed E-state index contributed by atoms with van der Waals surface area (Å²) in [5, 5.41) is 14.5. The van der Waals surface area contributed by atoms with Crippen LogP contribution in [0.1, 0.15) is 69.3 Å². The minimum atomic E-state index is -0.586. The topological polar surface area (TPSA) is 120 Å². The molecule has 12 heteroatoms. The number of carbonyl (C=O) groups is 1. The Kier molecular flexibility index (Phi) is 9.58. The first-order valence-electron chi connectivity index (χ1n) is 16.3. The summed E-state index contributed by atoms with van der Waals surface area (Å²) in [7, 11) is 0. The summed E-state index contributed by atoms with van der Waals surface area (Å²) in [5.41, 5.74) is 1.95. The highest BCUT2D eigenvalue weighted by molar-refractivity contribution is 6.34. The molecule has 0 unspecified atom stereocenters. The van der Waals surface area contributed by atoms with E-state index in [1.54, 1.807) is 35.2 Å². The normalized spacial score (nSPS) is 15.2. The summed E-state index contributed by atoms with van der Waals surface area (Å²) in [4.78, 5) is 45.3. The molecule has 48 heavy (non-hydrogen) atoms. The molecule has 10 nitrogen and oxygen atoms in total. The highest BCUT2D eigenvalue weighted by Gasteiger charge is 2.31. The minimum Gasteiger partial charge on any atom is -0.366 e. The molecule has 1 aliphatic carbocycles. The molecule has 1 saturated heterocycles. The molecule has 0 bridgehead atoms. The van der Waals surface area contributed by atoms with Gasteiger partial charge in [-0.25, -0.2) is 19.3 Å². The number of anilines is 1. The van der Waals surface area contributed by atoms with E-state index >= 15 is 4.39 Å². The van der Waals surface area contributed by atoms with E-state index in [-0.39, 0.29) is 45.2 Å². The Morgan fingerprint density at radius 1 is 1.08 bits per heavy atom. The third-order valence-corrected chi connectivity index (χ3v) is 9.07. The van der Waals surface area contributed by atoms with Crippen molar-refractivity contribution in [2.75, 3.05) is 37.6 Å². The number of piperazine rings is 1. The van der Waals surface area contributed by atoms with Crippen molar-refractivity contribution in [1.29, 1.82) is 5.26 Å². The van der Waals surface area contributed by atoms with Crippen molar-refractivity contribution in [3.8, 4) is 23.0 Å². The summed E-state index contributed by atoms with van der Waals surface area (Å²) >= 11 is 6.86. The molecule has 0 atom stereocenters. The second-order valence-corrected chi connectivity index (χ2v) is 13.3. The van der Waals surface area contributed by atoms with Gasteiger partial charge >= 0.3 is 0 Å². The van der Waals surface area contributed by atoms with Crippen molar-refractivity contribution in [1.82, 2.24) is 29.7 Å². The molecule has 2 aliphatic rings. The van der Waals surface area contributed by atoms with E-state index in [9.17, 15) is 14.9 Å². The number of benzene rings is 1. The fraction of sp³-hybridized carbons (Fsp3) is 0.389. The van der Waals surface area contributed by atoms with E-state index in [1.807, 2.05) is 38.7 Å². The van der Waals surface area contributed by atoms with E-state index in [2.05, 4.69) is 21.4 Å². The van der Waals surface area contributed by atoms with E-state index in [0.717, 1.165) is 0 Å². The number of nitrogens with zero attached hydrogens (tertiary/aromatic N) is 7. The Morgan fingerprint density at radius 3 is 2.35 bits per heavy atom. The third kappa shape index (κ3) is 6.42. The van der Waals surface area contributed by atoms with Crippen LogP contribution in [0.15, 0.2) is 53.6 Å². The molecule has 3 aromatic heterocycles. The molecule has 6 rings (SSSR count). The number of pyridine rings is 2. The fourth-order valence-electron chi connectivity index (χ4n) is 6.17. The van der Waals surface area contributed by atoms with Crippen molar-refractivity contribution in [2.45, 2.75) is 58.4 Å². The maximum absolute atomic E-state index is 15.1. The van der Waals surface area contributed by atoms with Gasteiger partial charge in [-0.15, -0.1) is 0 Å². The maximum Gasteiger partial charge on any atom is 0.276 e. The number of amides is 1. The number of hydrogen-bond donors (Lipinski definition) is 1. The largest absolute Gasteiger partial charge is 0.366 e. The predicted octanol–water partition coefficient (Wildman–Crippen LogP) is 5.71. The van der Waals surface area contributed by atoms with Gasteiger partial charge in [-0.1, -0.05) is 57.5 Å². The zero-order chi connectivity index (χ0) is 34.1. The SMILES string of the molecule is CC(C)c1ncnc(C(C)C)c1-n1c(=O)c(C#N)c(N2CCN(C(=O)/C=C/CNC3CC3)CC2)c2cc(Cl)c(-c3ccccc3F)nc21. The minimum absolute atomic E-state index is 0.0845. The summed E-state index contributed by atoms with van der Waals surface area (Å²) in [6.45, 7) is 10.1. The summed E-state index contributed by atoms with van der Waals surface area (Å²) in [5.74, 6) is -0.801. The van der Waals surface area contributed by atoms with Gasteiger partial charge in [0.15, 0.2) is 0 Å². The van der Waals surface area contributed by atoms with Gasteiger partial charge in [0.2, 0.25) is 5.91 Å². The van der Waals surface area contributed by atoms with Gasteiger partial charge in [-0.3, -0.25) is 14.2 Å². The Hall–Kier alpha value is -4.66. The zero-order valence-electron chi connectivity index (χ0n) is 27.5. The van der Waals surface area contributed by atoms with Gasteiger partial charge in [0.05, 0.1) is 33.5 Å². The fourth-order valence-corrected chi connectivity index (χ4v) is 6.42. The van der Waals surface area contributed by atoms with Crippen LogP contribution in [0.4, 0.5) is 10.1 Å². The number of rotatable bonds is 9. The van der Waals surface area contributed by atoms with Crippen molar-refractivity contribution in [3.63, 3.8) is 0 Å². The molecular weight excluding hydrogens is 631 g/mol. The molecule has 4 aromatic rings. The van der Waals surface area contributed by atoms with Gasteiger partial charge in [0.1, 0.15) is 29.4 Å². The Bertz CT molecular complexity index is 1980. The van der Waals surface area contributed by atoms with Crippen LogP contribution in [0.3, 0.4) is 0 Å². The van der Waals surface area contributed by atoms with Crippen molar-refractivity contribution < 1.29 is 9.18 Å². The standard InChI is InChI=1S/C36H38ClFN8O2/c1-21(2)30-34(31(22(3)4)42-20-41-30)46-35-25(18-27(37)32(43-35)24-8-5-6-9-28(24)38)33(26(19-39)36(46)48)45-16-14-44(15-17-45)29(47)10-7-13-40-23-11-12-23/h5-10,18,20-23,40H,11-17H2,1-4H3/b10-7+. The maximum atomic E-state index is 15.1. The predicted molar refractivity (Wildman–Crippen MR) is 185 cm³/mol. The molecule has 2 fully saturated rings. The lowest BCUT2D eigenvalue weighted by molar-refractivity contribution is -0.126. The second-order valence-electron chi connectivity index (χ2n) is 12.8. The van der Waals surface area contributed by atoms with E-state index in [1.165, 1.54) is 29.8 Å². The molecule has 1 N–H and O–H groups in total. The highest BCUT2D eigenvalue weighted by Crippen LogP contribution is 2.38. The smallest absolute Gasteiger partial charge is 0.276 e. The molecule has 0 radical (unpaired) electrons. The molecule has 1 aromatic carbocycles. The van der Waals surface area contributed by atoms with Gasteiger partial charge < -0.3 is 15.1 Å². The lowest BCUT2D eigenvalue weighted by Gasteiger charge is -2.36. The Morgan fingerprint density at radius 2 is 1.75 bits per heavy atom. The van der Waals surface area contributed by atoms with Crippen LogP contribution < -0.4 is 15.8 Å². The molecule has 1 aliphatic heterocycles. The van der Waals surface area contributed by atoms with Crippen LogP contribution in [0.25, 0.3) is 28.0 Å². The van der Waals surface area contributed by atoms with E-state index < -0.39 is 11.4 Å². The van der Waals surface area contributed by atoms with Crippen molar-refractivity contribution in [2.24, 2.45) is 0 Å². The molecule has 1 amide bonds. The highest BCUT2D eigenvalue weighted by atomic mass is 35.5. The molecule has 1 saturated carbocycles. The lowest BCUT2D eigenvalue weighted by atomic mass is 10.00. The van der Waals surface area contributed by atoms with Crippen LogP contribution in [0.5, 0.6) is 0 Å². The molecular formula is C36H38ClFN8O2. The number of hydrogen-bond acceptors (Lipinski definition) is 8. The lowest BCUT2D eigenvalue weighted by Crippen LogP contribution is -2.49. The average Bonchev–Trinajstić information content (AvgIpc) is 3.91. The van der Waals surface area contributed by atoms with Crippen molar-refractivity contribution >= 4 is 34.2 Å². The van der Waals surface area contributed by atoms with Crippen LogP contribution in [0, 0.1) is 17.1 Å². The van der Waals surface area contributed by atoms with Crippen LogP contribution in [-0.4, -0.2) is 69.1 Å². The first-order valence-corrected chi connectivity index (χ1v) is 16.7. The Balaban J connectivity index is 1.52. The third-order valence-electron chi connectivity index (χ3n) is 8.78. The van der Waals surface area contributed by atoms with Gasteiger partial charge in [0.25, 0.3) is 5.56 Å². The van der Waals surface area contributed by atoms with Crippen molar-refractivity contribution in [3.05, 3.63) is 87.0 Å². The number of carbonyl (C=O) groups excluding carboxylic acids is 1. The quantitative estimate of drug-likeness (QED) is 0.225. The second kappa shape index (κ2) is 13.8. The van der Waals surface area contributed by atoms with E-state index in [0.29, 0.717) is 66.9 Å². The first kappa shape index (κ1) is 33.2. The molecule has 0 spiro atoms. The van der Waals surface area contributed by atoms with Crippen LogP contribution in [0.2, 0.25) is 5.02 Å². The first-order chi connectivity index (χ1) is 23.1. The number of halogens is 2. The van der Waals surface area contributed by atoms with Gasteiger partial charge in [0, 0.05) is 55.8 Å². The number of nitriles is 1.